The van der Waals surface area contributed by atoms with Crippen molar-refractivity contribution < 1.29 is 22.7 Å². The molecule has 10 nitrogen and oxygen atoms in total. The van der Waals surface area contributed by atoms with E-state index in [1.165, 1.54) is 7.11 Å². The van der Waals surface area contributed by atoms with Crippen LogP contribution >= 0.6 is 11.6 Å². The maximum atomic E-state index is 10.9. The number of rotatable bonds is 5. The smallest absolute Gasteiger partial charge is 0.362 e. The molecule has 0 aliphatic heterocycles. The number of hydrogen-bond acceptors (Lipinski definition) is 8. The molecule has 0 saturated heterocycles. The third-order valence-electron chi connectivity index (χ3n) is 2.37. The van der Waals surface area contributed by atoms with E-state index in [2.05, 4.69) is 19.3 Å². The fourth-order valence-electron chi connectivity index (χ4n) is 1.46. The summed E-state index contributed by atoms with van der Waals surface area (Å²) < 4.78 is 32.8. The zero-order valence-corrected chi connectivity index (χ0v) is 15.5. The van der Waals surface area contributed by atoms with Crippen LogP contribution in [0.5, 0.6) is 11.8 Å². The highest BCUT2D eigenvalue weighted by Gasteiger charge is 2.07. The van der Waals surface area contributed by atoms with Crippen LogP contribution in [0.3, 0.4) is 0 Å². The average molecular weight is 402 g/mol. The first kappa shape index (κ1) is 21.3. The number of amides is 2. The van der Waals surface area contributed by atoms with Gasteiger partial charge in [0.1, 0.15) is 18.2 Å². The van der Waals surface area contributed by atoms with Gasteiger partial charge >= 0.3 is 22.5 Å². The van der Waals surface area contributed by atoms with Crippen LogP contribution in [0.4, 0.5) is 10.7 Å². The number of carbonyl (C=O) groups excluding carboxylic acids is 1. The Morgan fingerprint density at radius 1 is 1.23 bits per heavy atom. The Balaban J connectivity index is 0.000000289. The lowest BCUT2D eigenvalue weighted by atomic mass is 10.3. The fourth-order valence-corrected chi connectivity index (χ4v) is 1.72. The number of halogens is 1. The first-order valence-electron chi connectivity index (χ1n) is 7.07. The van der Waals surface area contributed by atoms with Crippen LogP contribution in [-0.2, 0) is 10.5 Å². The first-order valence-corrected chi connectivity index (χ1v) is 8.63. The van der Waals surface area contributed by atoms with Gasteiger partial charge in [0.15, 0.2) is 0 Å². The van der Waals surface area contributed by atoms with Crippen molar-refractivity contribution in [1.29, 1.82) is 0 Å². The van der Waals surface area contributed by atoms with Crippen molar-refractivity contribution in [3.05, 3.63) is 36.2 Å². The highest BCUT2D eigenvalue weighted by Crippen LogP contribution is 2.07. The van der Waals surface area contributed by atoms with Gasteiger partial charge in [0.25, 0.3) is 0 Å². The third-order valence-corrected chi connectivity index (χ3v) is 2.84. The largest absolute Gasteiger partial charge is 0.492 e. The summed E-state index contributed by atoms with van der Waals surface area (Å²) in [6, 6.07) is 8.55. The molecule has 2 rings (SSSR count). The summed E-state index contributed by atoms with van der Waals surface area (Å²) in [4.78, 5) is 22.1. The molecular formula is C14H16ClN5O5S. The molecule has 2 aromatic rings. The zero-order valence-electron chi connectivity index (χ0n) is 13.9. The predicted molar refractivity (Wildman–Crippen MR) is 94.1 cm³/mol. The van der Waals surface area contributed by atoms with Crippen LogP contribution in [0, 0.1) is 6.92 Å². The first-order chi connectivity index (χ1) is 12.4. The molecule has 0 unspecified atom stereocenters. The molecule has 1 heterocycles. The molecule has 0 bridgehead atoms. The van der Waals surface area contributed by atoms with Crippen molar-refractivity contribution in [3.8, 4) is 11.8 Å². The van der Waals surface area contributed by atoms with Crippen molar-refractivity contribution in [2.75, 3.05) is 24.9 Å². The Kier molecular flexibility index (Phi) is 9.57. The number of nitrogens with one attached hydrogen (secondary N) is 1. The molecule has 1 N–H and O–H groups in total. The van der Waals surface area contributed by atoms with Gasteiger partial charge in [-0.05, 0) is 19.1 Å². The highest BCUT2D eigenvalue weighted by atomic mass is 35.5. The van der Waals surface area contributed by atoms with E-state index in [1.54, 1.807) is 6.92 Å². The van der Waals surface area contributed by atoms with Crippen molar-refractivity contribution in [2.45, 2.75) is 6.92 Å². The number of para-hydroxylation sites is 1. The van der Waals surface area contributed by atoms with Gasteiger partial charge in [-0.3, -0.25) is 5.32 Å². The van der Waals surface area contributed by atoms with Crippen LogP contribution in [-0.4, -0.2) is 49.0 Å². The summed E-state index contributed by atoms with van der Waals surface area (Å²) in [6.07, 6.45) is 0. The van der Waals surface area contributed by atoms with Crippen LogP contribution < -0.4 is 14.8 Å². The number of methoxy groups -OCH3 is 1. The lowest BCUT2D eigenvalue weighted by Crippen LogP contribution is -2.11. The Labute approximate surface area is 156 Å². The third kappa shape index (κ3) is 8.89. The Bertz CT molecular complexity index is 840. The minimum atomic E-state index is -2.82. The number of anilines is 1. The monoisotopic (exact) mass is 401 g/mol. The van der Waals surface area contributed by atoms with E-state index in [4.69, 9.17) is 21.1 Å². The summed E-state index contributed by atoms with van der Waals surface area (Å²) in [5.41, 5.74) is 0. The van der Waals surface area contributed by atoms with Crippen molar-refractivity contribution in [1.82, 2.24) is 15.0 Å². The minimum absolute atomic E-state index is 0.00560. The van der Waals surface area contributed by atoms with E-state index in [9.17, 15) is 13.2 Å². The van der Waals surface area contributed by atoms with Gasteiger partial charge in [-0.15, -0.1) is 11.6 Å². The number of nitrogens with zero attached hydrogens (tertiary/aromatic N) is 4. The molecule has 0 fully saturated rings. The van der Waals surface area contributed by atoms with E-state index in [1.807, 2.05) is 35.6 Å². The number of carbonyl (C=O) groups is 1. The molecule has 0 spiro atoms. The van der Waals surface area contributed by atoms with Crippen LogP contribution in [0.25, 0.3) is 0 Å². The van der Waals surface area contributed by atoms with Gasteiger partial charge in [-0.2, -0.15) is 23.4 Å². The predicted octanol–water partition coefficient (Wildman–Crippen LogP) is 2.09. The topological polar surface area (TPSA) is 133 Å². The number of benzene rings is 1. The molecule has 2 amide bonds. The minimum Gasteiger partial charge on any atom is -0.492 e. The molecule has 0 saturated carbocycles. The quantitative estimate of drug-likeness (QED) is 0.753. The second kappa shape index (κ2) is 11.7. The molecule has 26 heavy (non-hydrogen) atoms. The zero-order chi connectivity index (χ0) is 19.4. The second-order valence-corrected chi connectivity index (χ2v) is 5.28. The fraction of sp³-hybridized carbons (Fsp3) is 0.286. The molecule has 12 heteroatoms. The van der Waals surface area contributed by atoms with Crippen molar-refractivity contribution >= 4 is 34.1 Å². The van der Waals surface area contributed by atoms with Gasteiger partial charge in [-0.1, -0.05) is 22.6 Å². The van der Waals surface area contributed by atoms with E-state index >= 15 is 0 Å². The molecule has 0 aliphatic rings. The summed E-state index contributed by atoms with van der Waals surface area (Å²) in [5.74, 6) is 1.59. The molecule has 0 atom stereocenters. The van der Waals surface area contributed by atoms with Gasteiger partial charge in [0.2, 0.25) is 5.95 Å². The van der Waals surface area contributed by atoms with Gasteiger partial charge in [0, 0.05) is 0 Å². The van der Waals surface area contributed by atoms with Gasteiger partial charge < -0.3 is 9.47 Å². The van der Waals surface area contributed by atoms with Crippen LogP contribution in [0.1, 0.15) is 5.82 Å². The number of aromatic nitrogens is 3. The van der Waals surface area contributed by atoms with Crippen LogP contribution in [0.2, 0.25) is 0 Å². The number of hydrogen-bond donors (Lipinski definition) is 1. The molecule has 140 valence electrons. The highest BCUT2D eigenvalue weighted by molar-refractivity contribution is 7.62. The SMILES string of the molecule is COc1nc(C)nc(NC(=O)N=S(=O)=O)n1.ClCCOc1ccccc1. The average Bonchev–Trinajstić information content (AvgIpc) is 2.60. The van der Waals surface area contributed by atoms with Gasteiger partial charge in [0.05, 0.1) is 13.0 Å². The second-order valence-electron chi connectivity index (χ2n) is 4.28. The molecule has 0 aliphatic carbocycles. The summed E-state index contributed by atoms with van der Waals surface area (Å²) >= 11 is 5.43. The van der Waals surface area contributed by atoms with Crippen LogP contribution in [0.15, 0.2) is 34.7 Å². The molecule has 0 radical (unpaired) electrons. The van der Waals surface area contributed by atoms with Crippen molar-refractivity contribution in [2.24, 2.45) is 4.36 Å². The number of urea groups is 1. The normalized spacial score (nSPS) is 9.35. The number of ether oxygens (including phenoxy) is 2. The standard InChI is InChI=1S/C8H9ClO.C6H7N5O4S/c9-6-7-10-8-4-2-1-3-5-8;1-3-7-4(10-6(8-3)15-2)9-5(12)11-16(13)14/h1-5H,6-7H2;1-2H3,(H,7,8,9,10,12). The number of alkyl halides is 1. The van der Waals surface area contributed by atoms with E-state index in [0.717, 1.165) is 5.75 Å². The van der Waals surface area contributed by atoms with E-state index < -0.39 is 16.5 Å². The molecular weight excluding hydrogens is 386 g/mol. The van der Waals surface area contributed by atoms with E-state index in [-0.39, 0.29) is 12.0 Å². The molecule has 1 aromatic carbocycles. The summed E-state index contributed by atoms with van der Waals surface area (Å²) in [5, 5.41) is 2.05. The Morgan fingerprint density at radius 3 is 2.50 bits per heavy atom. The summed E-state index contributed by atoms with van der Waals surface area (Å²) in [7, 11) is -1.48. The Hall–Kier alpha value is -2.79. The molecule has 1 aromatic heterocycles. The lowest BCUT2D eigenvalue weighted by Gasteiger charge is -2.02. The van der Waals surface area contributed by atoms with Crippen molar-refractivity contribution in [3.63, 3.8) is 0 Å². The lowest BCUT2D eigenvalue weighted by molar-refractivity contribution is 0.259. The Morgan fingerprint density at radius 2 is 1.92 bits per heavy atom. The maximum Gasteiger partial charge on any atom is 0.362 e. The van der Waals surface area contributed by atoms with Gasteiger partial charge in [-0.25, -0.2) is 4.79 Å². The summed E-state index contributed by atoms with van der Waals surface area (Å²) in [6.45, 7) is 2.13. The van der Waals surface area contributed by atoms with E-state index in [0.29, 0.717) is 18.3 Å². The number of aryl methyl sites for hydroxylation is 1. The maximum absolute atomic E-state index is 10.9.